The maximum atomic E-state index is 14.0. The number of para-hydroxylation sites is 2. The average Bonchev–Trinajstić information content (AvgIpc) is 3.16. The molecule has 1 aromatic carbocycles. The van der Waals surface area contributed by atoms with E-state index in [0.29, 0.717) is 37.0 Å². The molecular formula is C31H44N4O3. The second kappa shape index (κ2) is 10.6. The second-order valence-electron chi connectivity index (χ2n) is 13.0. The van der Waals surface area contributed by atoms with Gasteiger partial charge in [0.15, 0.2) is 5.82 Å². The van der Waals surface area contributed by atoms with E-state index in [2.05, 4.69) is 23.3 Å². The number of carboxylic acid groups (broad SMARTS) is 1. The Morgan fingerprint density at radius 3 is 2.16 bits per heavy atom. The lowest BCUT2D eigenvalue weighted by Crippen LogP contribution is -2.52. The Kier molecular flexibility index (Phi) is 7.23. The van der Waals surface area contributed by atoms with Crippen molar-refractivity contribution < 1.29 is 9.90 Å². The van der Waals surface area contributed by atoms with Gasteiger partial charge in [0, 0.05) is 43.2 Å². The fraction of sp³-hybridized carbons (Fsp3) is 0.710. The van der Waals surface area contributed by atoms with Gasteiger partial charge in [0.2, 0.25) is 0 Å². The molecule has 1 aromatic heterocycles. The predicted molar refractivity (Wildman–Crippen MR) is 151 cm³/mol. The summed E-state index contributed by atoms with van der Waals surface area (Å²) in [5, 5.41) is 9.16. The normalized spacial score (nSPS) is 32.9. The van der Waals surface area contributed by atoms with Crippen LogP contribution < -0.4 is 10.5 Å². The fourth-order valence-electron chi connectivity index (χ4n) is 8.31. The molecule has 6 rings (SSSR count). The molecule has 3 aliphatic heterocycles. The lowest BCUT2D eigenvalue weighted by Gasteiger charge is -2.46. The first-order valence-corrected chi connectivity index (χ1v) is 15.1. The van der Waals surface area contributed by atoms with Gasteiger partial charge in [0.05, 0.1) is 17.5 Å². The Balaban J connectivity index is 1.27. The van der Waals surface area contributed by atoms with Crippen molar-refractivity contribution in [1.82, 2.24) is 14.5 Å². The largest absolute Gasteiger partial charge is 0.481 e. The highest BCUT2D eigenvalue weighted by molar-refractivity contribution is 5.77. The maximum Gasteiger partial charge on any atom is 0.303 e. The molecule has 206 valence electrons. The van der Waals surface area contributed by atoms with Gasteiger partial charge >= 0.3 is 5.97 Å². The number of carbonyl (C=O) groups is 1. The van der Waals surface area contributed by atoms with Gasteiger partial charge in [0.1, 0.15) is 0 Å². The quantitative estimate of drug-likeness (QED) is 0.563. The van der Waals surface area contributed by atoms with Crippen LogP contribution in [0.4, 0.5) is 5.82 Å². The van der Waals surface area contributed by atoms with Gasteiger partial charge in [0.25, 0.3) is 5.56 Å². The number of aliphatic carboxylic acids is 1. The third kappa shape index (κ3) is 4.99. The van der Waals surface area contributed by atoms with Crippen molar-refractivity contribution in [2.45, 2.75) is 109 Å². The van der Waals surface area contributed by atoms with E-state index in [1.165, 1.54) is 51.4 Å². The Morgan fingerprint density at radius 2 is 1.53 bits per heavy atom. The molecule has 4 heterocycles. The van der Waals surface area contributed by atoms with Crippen LogP contribution >= 0.6 is 0 Å². The van der Waals surface area contributed by atoms with E-state index < -0.39 is 5.97 Å². The minimum Gasteiger partial charge on any atom is -0.481 e. The molecular weight excluding hydrogens is 476 g/mol. The van der Waals surface area contributed by atoms with Crippen LogP contribution in [-0.2, 0) is 4.79 Å². The molecule has 4 aliphatic rings. The van der Waals surface area contributed by atoms with Crippen molar-refractivity contribution in [3.8, 4) is 0 Å². The van der Waals surface area contributed by atoms with Crippen LogP contribution in [0.25, 0.3) is 11.0 Å². The predicted octanol–water partition coefficient (Wildman–Crippen LogP) is 5.47. The molecule has 1 saturated carbocycles. The van der Waals surface area contributed by atoms with E-state index in [4.69, 9.17) is 10.1 Å². The number of anilines is 1. The Bertz CT molecular complexity index is 1190. The zero-order chi connectivity index (χ0) is 26.4. The summed E-state index contributed by atoms with van der Waals surface area (Å²) in [5.41, 5.74) is 1.80. The van der Waals surface area contributed by atoms with Gasteiger partial charge in [-0.3, -0.25) is 14.5 Å². The first-order chi connectivity index (χ1) is 18.4. The maximum absolute atomic E-state index is 14.0. The number of carboxylic acids is 1. The molecule has 0 spiro atoms. The van der Waals surface area contributed by atoms with Crippen LogP contribution in [0.2, 0.25) is 0 Å². The smallest absolute Gasteiger partial charge is 0.303 e. The molecule has 2 aromatic rings. The lowest BCUT2D eigenvalue weighted by molar-refractivity contribution is -0.138. The highest BCUT2D eigenvalue weighted by Crippen LogP contribution is 2.45. The molecule has 0 radical (unpaired) electrons. The SMILES string of the molecule is CC1CCCC[C@H](C)C[C@@H](N2[C@@H]3CC[C@H]2C[C@@H](n2c(=O)c(N4CC(CC(=O)O)C4)nc4ccccc42)C3)C1. The first-order valence-electron chi connectivity index (χ1n) is 15.1. The molecule has 6 atom stereocenters. The Labute approximate surface area is 226 Å². The minimum absolute atomic E-state index is 0.0000102. The van der Waals surface area contributed by atoms with Crippen molar-refractivity contribution in [2.24, 2.45) is 17.8 Å². The summed E-state index contributed by atoms with van der Waals surface area (Å²) in [7, 11) is 0. The number of aromatic nitrogens is 2. The van der Waals surface area contributed by atoms with Crippen molar-refractivity contribution in [3.05, 3.63) is 34.6 Å². The van der Waals surface area contributed by atoms with E-state index in [1.807, 2.05) is 29.2 Å². The van der Waals surface area contributed by atoms with Crippen LogP contribution in [-0.4, -0.2) is 56.7 Å². The lowest BCUT2D eigenvalue weighted by atomic mass is 9.87. The topological polar surface area (TPSA) is 78.7 Å². The minimum atomic E-state index is -0.774. The van der Waals surface area contributed by atoms with Crippen LogP contribution in [0.15, 0.2) is 29.1 Å². The summed E-state index contributed by atoms with van der Waals surface area (Å²) in [6, 6.07) is 10.0. The number of nitrogens with zero attached hydrogens (tertiary/aromatic N) is 4. The van der Waals surface area contributed by atoms with Crippen molar-refractivity contribution in [1.29, 1.82) is 0 Å². The molecule has 7 heteroatoms. The monoisotopic (exact) mass is 520 g/mol. The number of hydrogen-bond donors (Lipinski definition) is 1. The third-order valence-corrected chi connectivity index (χ3v) is 10.0. The van der Waals surface area contributed by atoms with Crippen molar-refractivity contribution in [3.63, 3.8) is 0 Å². The van der Waals surface area contributed by atoms with Gasteiger partial charge in [-0.15, -0.1) is 0 Å². The van der Waals surface area contributed by atoms with Gasteiger partial charge < -0.3 is 14.6 Å². The number of piperidine rings is 1. The van der Waals surface area contributed by atoms with Crippen LogP contribution in [0.1, 0.15) is 90.5 Å². The molecule has 7 nitrogen and oxygen atoms in total. The van der Waals surface area contributed by atoms with Crippen LogP contribution in [0.5, 0.6) is 0 Å². The van der Waals surface area contributed by atoms with Crippen molar-refractivity contribution >= 4 is 22.8 Å². The number of hydrogen-bond acceptors (Lipinski definition) is 5. The molecule has 38 heavy (non-hydrogen) atoms. The molecule has 1 unspecified atom stereocenters. The molecule has 1 N–H and O–H groups in total. The second-order valence-corrected chi connectivity index (χ2v) is 13.0. The van der Waals surface area contributed by atoms with Gasteiger partial charge in [-0.1, -0.05) is 51.7 Å². The molecule has 0 amide bonds. The zero-order valence-corrected chi connectivity index (χ0v) is 23.1. The Hall–Kier alpha value is -2.41. The Morgan fingerprint density at radius 1 is 0.895 bits per heavy atom. The summed E-state index contributed by atoms with van der Waals surface area (Å²) in [6.07, 6.45) is 12.8. The van der Waals surface area contributed by atoms with Gasteiger partial charge in [-0.2, -0.15) is 0 Å². The van der Waals surface area contributed by atoms with Gasteiger partial charge in [-0.05, 0) is 62.5 Å². The zero-order valence-electron chi connectivity index (χ0n) is 23.1. The molecule has 4 fully saturated rings. The van der Waals surface area contributed by atoms with E-state index in [9.17, 15) is 9.59 Å². The van der Waals surface area contributed by atoms with E-state index in [0.717, 1.165) is 35.7 Å². The summed E-state index contributed by atoms with van der Waals surface area (Å²) in [5.74, 6) is 1.39. The van der Waals surface area contributed by atoms with Gasteiger partial charge in [-0.25, -0.2) is 4.98 Å². The highest BCUT2D eigenvalue weighted by atomic mass is 16.4. The highest BCUT2D eigenvalue weighted by Gasteiger charge is 2.45. The number of benzene rings is 1. The summed E-state index contributed by atoms with van der Waals surface area (Å²) >= 11 is 0. The van der Waals surface area contributed by atoms with Crippen LogP contribution in [0.3, 0.4) is 0 Å². The number of fused-ring (bicyclic) bond motifs is 3. The molecule has 3 saturated heterocycles. The average molecular weight is 521 g/mol. The summed E-state index contributed by atoms with van der Waals surface area (Å²) in [6.45, 7) is 6.10. The van der Waals surface area contributed by atoms with E-state index in [-0.39, 0.29) is 23.9 Å². The van der Waals surface area contributed by atoms with Crippen LogP contribution in [0, 0.1) is 17.8 Å². The summed E-state index contributed by atoms with van der Waals surface area (Å²) < 4.78 is 2.07. The van der Waals surface area contributed by atoms with Crippen molar-refractivity contribution in [2.75, 3.05) is 18.0 Å². The third-order valence-electron chi connectivity index (χ3n) is 10.0. The first kappa shape index (κ1) is 25.8. The summed E-state index contributed by atoms with van der Waals surface area (Å²) in [4.78, 5) is 34.8. The molecule has 2 bridgehead atoms. The fourth-order valence-corrected chi connectivity index (χ4v) is 8.31. The van der Waals surface area contributed by atoms with E-state index >= 15 is 0 Å². The number of rotatable bonds is 5. The standard InChI is InChI=1S/C31H44N4O3/c1-20-7-3-4-8-21(2)14-25(13-20)34-23-11-12-24(34)17-26(16-23)35-28-10-6-5-9-27(28)32-30(31(35)38)33-18-22(19-33)15-29(36)37/h5-6,9-10,20-26H,3-4,7-8,11-19H2,1-2H3,(H,36,37)/t20-,21?,23-,24+,25+,26+/m0/s1. The van der Waals surface area contributed by atoms with E-state index in [1.54, 1.807) is 0 Å². The molecule has 1 aliphatic carbocycles.